The molecular weight excluding hydrogens is 266 g/mol. The molecule has 2 heterocycles. The smallest absolute Gasteiger partial charge is 0.211 e. The number of aromatic nitrogens is 3. The Labute approximate surface area is 114 Å². The van der Waals surface area contributed by atoms with Gasteiger partial charge in [-0.05, 0) is 25.3 Å². The van der Waals surface area contributed by atoms with Crippen LogP contribution in [0.2, 0.25) is 0 Å². The first kappa shape index (κ1) is 14.4. The molecule has 1 N–H and O–H groups in total. The van der Waals surface area contributed by atoms with Crippen LogP contribution in [0.3, 0.4) is 0 Å². The molecule has 19 heavy (non-hydrogen) atoms. The first-order chi connectivity index (χ1) is 8.97. The van der Waals surface area contributed by atoms with Gasteiger partial charge in [-0.2, -0.15) is 0 Å². The molecule has 1 saturated heterocycles. The van der Waals surface area contributed by atoms with E-state index in [0.717, 1.165) is 25.2 Å². The molecule has 1 aliphatic heterocycles. The van der Waals surface area contributed by atoms with Crippen molar-refractivity contribution in [2.75, 3.05) is 25.9 Å². The molecule has 0 spiro atoms. The third-order valence-electron chi connectivity index (χ3n) is 3.47. The Kier molecular flexibility index (Phi) is 4.54. The summed E-state index contributed by atoms with van der Waals surface area (Å²) >= 11 is 0. The summed E-state index contributed by atoms with van der Waals surface area (Å²) in [4.78, 5) is 0. The van der Waals surface area contributed by atoms with E-state index in [1.807, 2.05) is 11.6 Å². The highest BCUT2D eigenvalue weighted by atomic mass is 32.2. The first-order valence-electron chi connectivity index (χ1n) is 6.45. The number of rotatable bonds is 5. The molecule has 8 heteroatoms. The Morgan fingerprint density at radius 1 is 1.53 bits per heavy atom. The molecule has 0 radical (unpaired) electrons. The number of hydrogen-bond donors (Lipinski definition) is 1. The molecule has 1 unspecified atom stereocenters. The number of sulfonamides is 1. The molecular formula is C11H21N5O2S. The van der Waals surface area contributed by atoms with Crippen molar-refractivity contribution in [1.82, 2.24) is 24.4 Å². The standard InChI is InChI=1S/C11H21N5O2S/c1-15-9-13-14-11(15)7-12-6-10-4-3-5-16(8-10)19(2,17)18/h9-10,12H,3-8H2,1-2H3. The lowest BCUT2D eigenvalue weighted by atomic mass is 10.00. The number of nitrogens with zero attached hydrogens (tertiary/aromatic N) is 4. The van der Waals surface area contributed by atoms with Crippen LogP contribution < -0.4 is 5.32 Å². The number of aryl methyl sites for hydroxylation is 1. The van der Waals surface area contributed by atoms with E-state index in [-0.39, 0.29) is 0 Å². The monoisotopic (exact) mass is 287 g/mol. The number of hydrogen-bond acceptors (Lipinski definition) is 5. The van der Waals surface area contributed by atoms with E-state index < -0.39 is 10.0 Å². The molecule has 0 aliphatic carbocycles. The third kappa shape index (κ3) is 3.99. The second-order valence-corrected chi connectivity index (χ2v) is 7.10. The number of piperidine rings is 1. The highest BCUT2D eigenvalue weighted by Gasteiger charge is 2.25. The topological polar surface area (TPSA) is 80.1 Å². The van der Waals surface area contributed by atoms with Crippen LogP contribution in [0.5, 0.6) is 0 Å². The average molecular weight is 287 g/mol. The van der Waals surface area contributed by atoms with Gasteiger partial charge in [0.1, 0.15) is 12.2 Å². The van der Waals surface area contributed by atoms with Gasteiger partial charge in [-0.25, -0.2) is 12.7 Å². The van der Waals surface area contributed by atoms with Crippen molar-refractivity contribution in [3.05, 3.63) is 12.2 Å². The Morgan fingerprint density at radius 3 is 2.95 bits per heavy atom. The van der Waals surface area contributed by atoms with E-state index in [4.69, 9.17) is 0 Å². The van der Waals surface area contributed by atoms with Crippen molar-refractivity contribution in [3.63, 3.8) is 0 Å². The van der Waals surface area contributed by atoms with Crippen molar-refractivity contribution in [2.24, 2.45) is 13.0 Å². The fraction of sp³-hybridized carbons (Fsp3) is 0.818. The Balaban J connectivity index is 1.79. The second-order valence-electron chi connectivity index (χ2n) is 5.12. The maximum absolute atomic E-state index is 11.5. The highest BCUT2D eigenvalue weighted by molar-refractivity contribution is 7.88. The molecule has 1 aliphatic rings. The molecule has 108 valence electrons. The molecule has 1 fully saturated rings. The van der Waals surface area contributed by atoms with Crippen molar-refractivity contribution in [1.29, 1.82) is 0 Å². The highest BCUT2D eigenvalue weighted by Crippen LogP contribution is 2.17. The van der Waals surface area contributed by atoms with Crippen LogP contribution in [0.4, 0.5) is 0 Å². The van der Waals surface area contributed by atoms with Crippen LogP contribution in [0.15, 0.2) is 6.33 Å². The fourth-order valence-corrected chi connectivity index (χ4v) is 3.29. The van der Waals surface area contributed by atoms with Gasteiger partial charge in [0.25, 0.3) is 0 Å². The van der Waals surface area contributed by atoms with Crippen molar-refractivity contribution < 1.29 is 8.42 Å². The SMILES string of the molecule is Cn1cnnc1CNCC1CCCN(S(C)(=O)=O)C1. The van der Waals surface area contributed by atoms with Gasteiger partial charge in [-0.15, -0.1) is 10.2 Å². The van der Waals surface area contributed by atoms with E-state index >= 15 is 0 Å². The van der Waals surface area contributed by atoms with Crippen LogP contribution in [-0.2, 0) is 23.6 Å². The molecule has 1 aromatic heterocycles. The zero-order valence-corrected chi connectivity index (χ0v) is 12.2. The van der Waals surface area contributed by atoms with Crippen molar-refractivity contribution in [2.45, 2.75) is 19.4 Å². The largest absolute Gasteiger partial charge is 0.320 e. The zero-order chi connectivity index (χ0) is 13.9. The molecule has 1 aromatic rings. The van der Waals surface area contributed by atoms with Gasteiger partial charge < -0.3 is 9.88 Å². The third-order valence-corrected chi connectivity index (χ3v) is 4.74. The lowest BCUT2D eigenvalue weighted by Gasteiger charge is -2.31. The van der Waals surface area contributed by atoms with E-state index in [2.05, 4.69) is 15.5 Å². The van der Waals surface area contributed by atoms with Crippen LogP contribution >= 0.6 is 0 Å². The molecule has 7 nitrogen and oxygen atoms in total. The summed E-state index contributed by atoms with van der Waals surface area (Å²) in [7, 11) is -1.15. The summed E-state index contributed by atoms with van der Waals surface area (Å²) in [6, 6.07) is 0. The molecule has 1 atom stereocenters. The van der Waals surface area contributed by atoms with Gasteiger partial charge in [-0.3, -0.25) is 0 Å². The minimum atomic E-state index is -3.05. The number of nitrogens with one attached hydrogen (secondary N) is 1. The van der Waals surface area contributed by atoms with E-state index in [9.17, 15) is 8.42 Å². The van der Waals surface area contributed by atoms with Crippen LogP contribution in [0.25, 0.3) is 0 Å². The van der Waals surface area contributed by atoms with E-state index in [0.29, 0.717) is 25.6 Å². The Bertz CT molecular complexity index is 513. The summed E-state index contributed by atoms with van der Waals surface area (Å²) < 4.78 is 26.5. The first-order valence-corrected chi connectivity index (χ1v) is 8.30. The van der Waals surface area contributed by atoms with Crippen LogP contribution in [-0.4, -0.2) is 53.4 Å². The minimum Gasteiger partial charge on any atom is -0.320 e. The maximum Gasteiger partial charge on any atom is 0.211 e. The van der Waals surface area contributed by atoms with Crippen LogP contribution in [0, 0.1) is 5.92 Å². The van der Waals surface area contributed by atoms with Crippen molar-refractivity contribution in [3.8, 4) is 0 Å². The van der Waals surface area contributed by atoms with Gasteiger partial charge in [-0.1, -0.05) is 0 Å². The summed E-state index contributed by atoms with van der Waals surface area (Å²) in [5.74, 6) is 1.26. The predicted octanol–water partition coefficient (Wildman–Crippen LogP) is -0.424. The lowest BCUT2D eigenvalue weighted by Crippen LogP contribution is -2.42. The predicted molar refractivity (Wildman–Crippen MR) is 71.9 cm³/mol. The summed E-state index contributed by atoms with van der Waals surface area (Å²) in [6.45, 7) is 2.73. The van der Waals surface area contributed by atoms with Crippen LogP contribution in [0.1, 0.15) is 18.7 Å². The normalized spacial score (nSPS) is 21.7. The quantitative estimate of drug-likeness (QED) is 0.795. The molecule has 0 aromatic carbocycles. The molecule has 2 rings (SSSR count). The minimum absolute atomic E-state index is 0.372. The van der Waals surface area contributed by atoms with Gasteiger partial charge in [0.2, 0.25) is 10.0 Å². The Hall–Kier alpha value is -0.990. The van der Waals surface area contributed by atoms with Gasteiger partial charge >= 0.3 is 0 Å². The summed E-state index contributed by atoms with van der Waals surface area (Å²) in [5, 5.41) is 11.1. The summed E-state index contributed by atoms with van der Waals surface area (Å²) in [5.41, 5.74) is 0. The van der Waals surface area contributed by atoms with Gasteiger partial charge in [0.15, 0.2) is 0 Å². The molecule has 0 saturated carbocycles. The molecule has 0 bridgehead atoms. The fourth-order valence-electron chi connectivity index (χ4n) is 2.35. The molecule has 0 amide bonds. The van der Waals surface area contributed by atoms with Gasteiger partial charge in [0.05, 0.1) is 12.8 Å². The van der Waals surface area contributed by atoms with Crippen molar-refractivity contribution >= 4 is 10.0 Å². The average Bonchev–Trinajstić information content (AvgIpc) is 2.75. The lowest BCUT2D eigenvalue weighted by molar-refractivity contribution is 0.260. The van der Waals surface area contributed by atoms with E-state index in [1.54, 1.807) is 10.6 Å². The van der Waals surface area contributed by atoms with Gasteiger partial charge in [0, 0.05) is 20.1 Å². The maximum atomic E-state index is 11.5. The second kappa shape index (κ2) is 5.98. The Morgan fingerprint density at radius 2 is 2.32 bits per heavy atom. The van der Waals surface area contributed by atoms with E-state index in [1.165, 1.54) is 6.26 Å². The summed E-state index contributed by atoms with van der Waals surface area (Å²) in [6.07, 6.45) is 4.95. The zero-order valence-electron chi connectivity index (χ0n) is 11.4.